The van der Waals surface area contributed by atoms with E-state index in [2.05, 4.69) is 25.8 Å². The van der Waals surface area contributed by atoms with E-state index in [0.717, 1.165) is 12.1 Å². The number of methoxy groups -OCH3 is 2. The van der Waals surface area contributed by atoms with Crippen LogP contribution in [0.5, 0.6) is 23.0 Å². The molecule has 0 amide bonds. The summed E-state index contributed by atoms with van der Waals surface area (Å²) in [5, 5.41) is 41.4. The third-order valence-electron chi connectivity index (χ3n) is 6.34. The van der Waals surface area contributed by atoms with Crippen LogP contribution in [0, 0.1) is 0 Å². The number of nitrogens with zero attached hydrogens (tertiary/aromatic N) is 4. The van der Waals surface area contributed by atoms with Crippen molar-refractivity contribution in [2.45, 2.75) is 16.7 Å². The highest BCUT2D eigenvalue weighted by atomic mass is 32.2. The highest BCUT2D eigenvalue weighted by Crippen LogP contribution is 2.44. The van der Waals surface area contributed by atoms with Crippen LogP contribution in [0.3, 0.4) is 0 Å². The number of sulfone groups is 1. The Bertz CT molecular complexity index is 1990. The van der Waals surface area contributed by atoms with Gasteiger partial charge in [-0.2, -0.15) is 8.42 Å². The second-order valence-corrected chi connectivity index (χ2v) is 12.5. The van der Waals surface area contributed by atoms with Crippen molar-refractivity contribution in [3.05, 3.63) is 54.6 Å². The van der Waals surface area contributed by atoms with Gasteiger partial charge in [0.15, 0.2) is 15.6 Å². The number of ether oxygens (including phenoxy) is 2. The second kappa shape index (κ2) is 12.2. The zero-order valence-corrected chi connectivity index (χ0v) is 24.9. The number of benzene rings is 4. The molecule has 4 rings (SSSR count). The minimum absolute atomic E-state index is 0.0139. The predicted molar refractivity (Wildman–Crippen MR) is 159 cm³/mol. The molecule has 0 fully saturated rings. The van der Waals surface area contributed by atoms with E-state index in [1.807, 2.05) is 0 Å². The molecule has 226 valence electrons. The van der Waals surface area contributed by atoms with Crippen LogP contribution in [0.4, 0.5) is 28.4 Å². The Morgan fingerprint density at radius 2 is 1.42 bits per heavy atom. The fourth-order valence-corrected chi connectivity index (χ4v) is 5.74. The molecule has 0 unspecified atom stereocenters. The topological polar surface area (TPSA) is 209 Å². The van der Waals surface area contributed by atoms with E-state index in [-0.39, 0.29) is 50.6 Å². The third kappa shape index (κ3) is 6.35. The Hall–Kier alpha value is -4.80. The van der Waals surface area contributed by atoms with Crippen LogP contribution in [-0.2, 0) is 20.0 Å². The van der Waals surface area contributed by atoms with E-state index < -0.39 is 30.6 Å². The zero-order chi connectivity index (χ0) is 31.5. The summed E-state index contributed by atoms with van der Waals surface area (Å²) in [6.45, 7) is 1.46. The molecule has 4 aromatic rings. The first-order valence-electron chi connectivity index (χ1n) is 12.4. The van der Waals surface area contributed by atoms with Crippen LogP contribution in [-0.4, -0.2) is 58.6 Å². The van der Waals surface area contributed by atoms with Crippen molar-refractivity contribution in [1.29, 1.82) is 0 Å². The number of nitrogens with one attached hydrogen (secondary N) is 1. The molecule has 14 nitrogen and oxygen atoms in total. The highest BCUT2D eigenvalue weighted by molar-refractivity contribution is 7.91. The first-order chi connectivity index (χ1) is 20.3. The van der Waals surface area contributed by atoms with Gasteiger partial charge in [-0.25, -0.2) is 8.42 Å². The Kier molecular flexibility index (Phi) is 8.84. The van der Waals surface area contributed by atoms with Gasteiger partial charge in [0.1, 0.15) is 49.8 Å². The molecule has 0 heterocycles. The average Bonchev–Trinajstić information content (AvgIpc) is 2.99. The molecule has 4 N–H and O–H groups in total. The number of fused-ring (bicyclic) bond motifs is 1. The Morgan fingerprint density at radius 1 is 0.767 bits per heavy atom. The maximum Gasteiger partial charge on any atom is 0.296 e. The van der Waals surface area contributed by atoms with E-state index in [4.69, 9.17) is 9.47 Å². The van der Waals surface area contributed by atoms with Crippen LogP contribution in [0.25, 0.3) is 10.8 Å². The van der Waals surface area contributed by atoms with Gasteiger partial charge < -0.3 is 25.0 Å². The minimum atomic E-state index is -4.66. The molecule has 0 bridgehead atoms. The number of anilines is 1. The molecule has 0 aromatic heterocycles. The summed E-state index contributed by atoms with van der Waals surface area (Å²) in [6.07, 6.45) is 0. The van der Waals surface area contributed by atoms with Crippen molar-refractivity contribution in [3.8, 4) is 23.0 Å². The molecular formula is C27H27N5O9S2. The largest absolute Gasteiger partial charge is 0.506 e. The zero-order valence-electron chi connectivity index (χ0n) is 23.3. The Balaban J connectivity index is 1.78. The predicted octanol–water partition coefficient (Wildman–Crippen LogP) is 6.18. The fraction of sp³-hybridized carbons (Fsp3) is 0.185. The fourth-order valence-electron chi connectivity index (χ4n) is 4.05. The first kappa shape index (κ1) is 31.1. The monoisotopic (exact) mass is 629 g/mol. The Morgan fingerprint density at radius 3 is 2.05 bits per heavy atom. The van der Waals surface area contributed by atoms with Crippen LogP contribution < -0.4 is 14.8 Å². The van der Waals surface area contributed by atoms with Gasteiger partial charge >= 0.3 is 0 Å². The lowest BCUT2D eigenvalue weighted by atomic mass is 10.1. The number of hydrogen-bond acceptors (Lipinski definition) is 13. The number of azo groups is 2. The molecule has 43 heavy (non-hydrogen) atoms. The van der Waals surface area contributed by atoms with Gasteiger partial charge in [0.25, 0.3) is 10.1 Å². The van der Waals surface area contributed by atoms with Crippen molar-refractivity contribution in [3.63, 3.8) is 0 Å². The Labute approximate surface area is 247 Å². The lowest BCUT2D eigenvalue weighted by Crippen LogP contribution is -2.05. The molecule has 4 aromatic carbocycles. The second-order valence-electron chi connectivity index (χ2n) is 8.84. The smallest absolute Gasteiger partial charge is 0.296 e. The number of phenolic OH excluding ortho intramolecular Hbond substituents is 2. The summed E-state index contributed by atoms with van der Waals surface area (Å²) in [4.78, 5) is -0.699. The lowest BCUT2D eigenvalue weighted by molar-refractivity contribution is 0.399. The maximum atomic E-state index is 12.3. The van der Waals surface area contributed by atoms with Gasteiger partial charge in [-0.15, -0.1) is 20.5 Å². The number of hydrogen-bond donors (Lipinski definition) is 4. The molecular weight excluding hydrogens is 602 g/mol. The third-order valence-corrected chi connectivity index (χ3v) is 8.97. The van der Waals surface area contributed by atoms with Crippen LogP contribution >= 0.6 is 0 Å². The van der Waals surface area contributed by atoms with Crippen molar-refractivity contribution in [2.24, 2.45) is 20.5 Å². The highest BCUT2D eigenvalue weighted by Gasteiger charge is 2.21. The van der Waals surface area contributed by atoms with Gasteiger partial charge in [-0.05, 0) is 36.4 Å². The van der Waals surface area contributed by atoms with Gasteiger partial charge in [-0.3, -0.25) is 4.55 Å². The van der Waals surface area contributed by atoms with Crippen LogP contribution in [0.15, 0.2) is 84.8 Å². The normalized spacial score (nSPS) is 12.3. The van der Waals surface area contributed by atoms with E-state index in [0.29, 0.717) is 16.5 Å². The summed E-state index contributed by atoms with van der Waals surface area (Å²) in [5.74, 6) is -0.790. The molecule has 0 aliphatic rings. The summed E-state index contributed by atoms with van der Waals surface area (Å²) in [5.41, 5.74) is 0.502. The summed E-state index contributed by atoms with van der Waals surface area (Å²) < 4.78 is 68.4. The van der Waals surface area contributed by atoms with Gasteiger partial charge in [-0.1, -0.05) is 6.92 Å². The molecule has 0 radical (unpaired) electrons. The lowest BCUT2D eigenvalue weighted by Gasteiger charge is -2.11. The van der Waals surface area contributed by atoms with Gasteiger partial charge in [0, 0.05) is 36.0 Å². The number of aromatic hydroxyl groups is 2. The molecule has 0 saturated heterocycles. The van der Waals surface area contributed by atoms with E-state index >= 15 is 0 Å². The van der Waals surface area contributed by atoms with Crippen LogP contribution in [0.1, 0.15) is 6.92 Å². The summed E-state index contributed by atoms with van der Waals surface area (Å²) in [6, 6.07) is 12.3. The van der Waals surface area contributed by atoms with Crippen molar-refractivity contribution in [1.82, 2.24) is 0 Å². The summed E-state index contributed by atoms with van der Waals surface area (Å²) in [7, 11) is -4.09. The quantitative estimate of drug-likeness (QED) is 0.116. The first-order valence-corrected chi connectivity index (χ1v) is 15.5. The van der Waals surface area contributed by atoms with Crippen molar-refractivity contribution >= 4 is 59.2 Å². The molecule has 0 aliphatic carbocycles. The van der Waals surface area contributed by atoms with Gasteiger partial charge in [0.2, 0.25) is 0 Å². The van der Waals surface area contributed by atoms with Crippen molar-refractivity contribution < 1.29 is 41.1 Å². The molecule has 0 spiro atoms. The molecule has 0 atom stereocenters. The van der Waals surface area contributed by atoms with E-state index in [9.17, 15) is 31.6 Å². The standard InChI is InChI=1S/C27H27N5O9S2/c1-5-42(35,36)25-14-22(33)21(13-23(25)41-4)31-30-20-11-7-16-17(27(20)34)8-10-19(28-2)26(16)32-29-18-9-6-15(40-3)12-24(18)43(37,38)39/h6-14,28,33-34H,5H2,1-4H3,(H,37,38,39)/b31-30+,32-29+. The van der Waals surface area contributed by atoms with E-state index in [1.54, 1.807) is 25.2 Å². The summed E-state index contributed by atoms with van der Waals surface area (Å²) >= 11 is 0. The molecule has 0 aliphatic heterocycles. The molecule has 0 saturated carbocycles. The van der Waals surface area contributed by atoms with E-state index in [1.165, 1.54) is 45.4 Å². The molecule has 16 heteroatoms. The average molecular weight is 630 g/mol. The number of phenols is 2. The van der Waals surface area contributed by atoms with Crippen molar-refractivity contribution in [2.75, 3.05) is 32.3 Å². The van der Waals surface area contributed by atoms with Crippen LogP contribution in [0.2, 0.25) is 0 Å². The minimum Gasteiger partial charge on any atom is -0.506 e. The van der Waals surface area contributed by atoms with Gasteiger partial charge in [0.05, 0.1) is 25.7 Å². The number of rotatable bonds is 10. The SMILES string of the molecule is CCS(=O)(=O)c1cc(O)c(/N=N/c2ccc3c(/N=N/c4ccc(OC)cc4S(=O)(=O)O)c(NC)ccc3c2O)cc1OC. The maximum absolute atomic E-state index is 12.3.